The van der Waals surface area contributed by atoms with Crippen molar-refractivity contribution in [3.05, 3.63) is 34.4 Å². The number of halogens is 1. The van der Waals surface area contributed by atoms with E-state index in [1.807, 2.05) is 0 Å². The molecule has 1 unspecified atom stereocenters. The summed E-state index contributed by atoms with van der Waals surface area (Å²) in [5.74, 6) is -0.914. The molecular weight excluding hydrogens is 358 g/mol. The van der Waals surface area contributed by atoms with Gasteiger partial charge in [-0.3, -0.25) is 19.2 Å². The zero-order valence-corrected chi connectivity index (χ0v) is 16.2. The van der Waals surface area contributed by atoms with Crippen molar-refractivity contribution in [2.24, 2.45) is 0 Å². The molecular formula is C18H22ClN3O4. The molecule has 0 radical (unpaired) electrons. The second kappa shape index (κ2) is 7.88. The summed E-state index contributed by atoms with van der Waals surface area (Å²) in [4.78, 5) is 43.0. The Morgan fingerprint density at radius 3 is 2.54 bits per heavy atom. The Kier molecular flexibility index (Phi) is 6.05. The number of nitrogens with one attached hydrogen (secondary N) is 1. The van der Waals surface area contributed by atoms with Gasteiger partial charge in [0.2, 0.25) is 5.91 Å². The van der Waals surface area contributed by atoms with Gasteiger partial charge in [0.1, 0.15) is 6.04 Å². The Morgan fingerprint density at radius 2 is 2.00 bits per heavy atom. The van der Waals surface area contributed by atoms with Crippen molar-refractivity contribution in [2.45, 2.75) is 33.2 Å². The fourth-order valence-electron chi connectivity index (χ4n) is 2.63. The Bertz CT molecular complexity index is 787. The summed E-state index contributed by atoms with van der Waals surface area (Å²) in [7, 11) is 2.89. The van der Waals surface area contributed by atoms with Gasteiger partial charge in [-0.05, 0) is 39.0 Å². The summed E-state index contributed by atoms with van der Waals surface area (Å²) >= 11 is 6.20. The first kappa shape index (κ1) is 19.9. The van der Waals surface area contributed by atoms with E-state index in [9.17, 15) is 14.4 Å². The number of hydrogen-bond donors (Lipinski definition) is 1. The molecule has 1 N–H and O–H groups in total. The lowest BCUT2D eigenvalue weighted by molar-refractivity contribution is -0.169. The molecule has 7 nitrogen and oxygen atoms in total. The number of benzene rings is 1. The van der Waals surface area contributed by atoms with Crippen LogP contribution in [0.3, 0.4) is 0 Å². The number of rotatable bonds is 5. The average molecular weight is 380 g/mol. The van der Waals surface area contributed by atoms with E-state index >= 15 is 0 Å². The van der Waals surface area contributed by atoms with Gasteiger partial charge in [0.05, 0.1) is 29.9 Å². The largest absolute Gasteiger partial charge is 0.373 e. The predicted molar refractivity (Wildman–Crippen MR) is 99.8 cm³/mol. The maximum absolute atomic E-state index is 12.5. The highest BCUT2D eigenvalue weighted by Gasteiger charge is 2.35. The van der Waals surface area contributed by atoms with E-state index < -0.39 is 6.04 Å². The maximum atomic E-state index is 12.5. The fraction of sp³-hybridized carbons (Fsp3) is 0.389. The second-order valence-electron chi connectivity index (χ2n) is 6.24. The zero-order chi connectivity index (χ0) is 19.6. The summed E-state index contributed by atoms with van der Waals surface area (Å²) < 4.78 is 0. The van der Waals surface area contributed by atoms with Gasteiger partial charge in [-0.15, -0.1) is 0 Å². The monoisotopic (exact) mass is 379 g/mol. The van der Waals surface area contributed by atoms with Crippen LogP contribution in [0.4, 0.5) is 11.4 Å². The van der Waals surface area contributed by atoms with Gasteiger partial charge in [0.15, 0.2) is 0 Å². The van der Waals surface area contributed by atoms with E-state index in [1.54, 1.807) is 39.0 Å². The van der Waals surface area contributed by atoms with E-state index in [0.717, 1.165) is 15.5 Å². The van der Waals surface area contributed by atoms with Crippen molar-refractivity contribution in [2.75, 3.05) is 24.4 Å². The number of imide groups is 1. The molecule has 1 aliphatic rings. The third-order valence-corrected chi connectivity index (χ3v) is 4.51. The molecule has 3 amide bonds. The third-order valence-electron chi connectivity index (χ3n) is 4.18. The minimum absolute atomic E-state index is 0.0834. The van der Waals surface area contributed by atoms with Gasteiger partial charge >= 0.3 is 0 Å². The summed E-state index contributed by atoms with van der Waals surface area (Å²) in [6.45, 7) is 5.27. The quantitative estimate of drug-likeness (QED) is 0.483. The van der Waals surface area contributed by atoms with Crippen molar-refractivity contribution in [3.8, 4) is 0 Å². The number of likely N-dealkylation sites (N-methyl/N-ethyl adjacent to an activating group) is 1. The van der Waals surface area contributed by atoms with Crippen LogP contribution in [-0.4, -0.2) is 43.0 Å². The Hall–Kier alpha value is -2.38. The second-order valence-corrected chi connectivity index (χ2v) is 6.65. The number of amides is 3. The highest BCUT2D eigenvalue weighted by atomic mass is 35.5. The highest BCUT2D eigenvalue weighted by Crippen LogP contribution is 2.33. The van der Waals surface area contributed by atoms with Crippen LogP contribution in [-0.2, 0) is 19.2 Å². The molecule has 1 heterocycles. The molecule has 8 heteroatoms. The predicted octanol–water partition coefficient (Wildman–Crippen LogP) is 2.76. The summed E-state index contributed by atoms with van der Waals surface area (Å²) in [6.07, 6.45) is 0.0834. The molecule has 0 saturated carbocycles. The number of carbonyl (C=O) groups is 3. The van der Waals surface area contributed by atoms with Crippen molar-refractivity contribution in [1.82, 2.24) is 5.06 Å². The van der Waals surface area contributed by atoms with Crippen LogP contribution in [0.1, 0.15) is 27.2 Å². The van der Waals surface area contributed by atoms with Crippen LogP contribution in [0.15, 0.2) is 29.3 Å². The minimum Gasteiger partial charge on any atom is -0.373 e. The third kappa shape index (κ3) is 3.89. The number of hydrogen-bond acceptors (Lipinski definition) is 5. The van der Waals surface area contributed by atoms with Crippen LogP contribution < -0.4 is 10.2 Å². The lowest BCUT2D eigenvalue weighted by atomic mass is 10.1. The topological polar surface area (TPSA) is 79.0 Å². The first-order chi connectivity index (χ1) is 12.2. The molecule has 0 spiro atoms. The van der Waals surface area contributed by atoms with E-state index in [0.29, 0.717) is 22.0 Å². The molecule has 1 fully saturated rings. The van der Waals surface area contributed by atoms with Crippen molar-refractivity contribution >= 4 is 40.7 Å². The molecule has 1 aromatic carbocycles. The van der Waals surface area contributed by atoms with E-state index in [1.165, 1.54) is 14.2 Å². The molecule has 0 aliphatic carbocycles. The molecule has 0 bridgehead atoms. The lowest BCUT2D eigenvalue weighted by Crippen LogP contribution is -2.38. The molecule has 1 aliphatic heterocycles. The van der Waals surface area contributed by atoms with E-state index in [-0.39, 0.29) is 24.1 Å². The standard InChI is InChI=1S/C18H22ClN3O4/c1-10(2)13-9-16(23)22(18(13)25)12-6-7-14(19)15(8-12)20-11(3)17(24)21(4)26-5/h6-8,11,20H,9H2,1-5H3. The Labute approximate surface area is 157 Å². The summed E-state index contributed by atoms with van der Waals surface area (Å²) in [5, 5.41) is 4.46. The normalized spacial score (nSPS) is 15.3. The first-order valence-electron chi connectivity index (χ1n) is 8.08. The van der Waals surface area contributed by atoms with Gasteiger partial charge in [-0.25, -0.2) is 9.96 Å². The molecule has 1 atom stereocenters. The van der Waals surface area contributed by atoms with Gasteiger partial charge < -0.3 is 5.32 Å². The average Bonchev–Trinajstić information content (AvgIpc) is 2.90. The smallest absolute Gasteiger partial charge is 0.268 e. The number of allylic oxidation sites excluding steroid dienone is 1. The minimum atomic E-state index is -0.619. The highest BCUT2D eigenvalue weighted by molar-refractivity contribution is 6.34. The number of nitrogens with zero attached hydrogens (tertiary/aromatic N) is 2. The van der Waals surface area contributed by atoms with Gasteiger partial charge in [-0.2, -0.15) is 0 Å². The van der Waals surface area contributed by atoms with Gasteiger partial charge in [0, 0.05) is 12.6 Å². The number of hydroxylamine groups is 2. The molecule has 1 aromatic rings. The van der Waals surface area contributed by atoms with Crippen LogP contribution in [0, 0.1) is 0 Å². The van der Waals surface area contributed by atoms with Gasteiger partial charge in [0.25, 0.3) is 11.8 Å². The maximum Gasteiger partial charge on any atom is 0.268 e. The number of carbonyl (C=O) groups excluding carboxylic acids is 3. The molecule has 140 valence electrons. The van der Waals surface area contributed by atoms with Crippen LogP contribution in [0.5, 0.6) is 0 Å². The van der Waals surface area contributed by atoms with Crippen LogP contribution >= 0.6 is 11.6 Å². The zero-order valence-electron chi connectivity index (χ0n) is 15.4. The fourth-order valence-corrected chi connectivity index (χ4v) is 2.80. The van der Waals surface area contributed by atoms with E-state index in [2.05, 4.69) is 5.32 Å². The SMILES string of the molecule is CON(C)C(=O)C(C)Nc1cc(N2C(=O)CC(=C(C)C)C2=O)ccc1Cl. The molecule has 26 heavy (non-hydrogen) atoms. The van der Waals surface area contributed by atoms with Crippen LogP contribution in [0.2, 0.25) is 5.02 Å². The van der Waals surface area contributed by atoms with Crippen molar-refractivity contribution in [3.63, 3.8) is 0 Å². The summed E-state index contributed by atoms with van der Waals surface area (Å²) in [5.41, 5.74) is 2.17. The van der Waals surface area contributed by atoms with Crippen LogP contribution in [0.25, 0.3) is 0 Å². The molecule has 2 rings (SSSR count). The lowest BCUT2D eigenvalue weighted by Gasteiger charge is -2.22. The van der Waals surface area contributed by atoms with Gasteiger partial charge in [-0.1, -0.05) is 17.2 Å². The first-order valence-corrected chi connectivity index (χ1v) is 8.46. The molecule has 1 saturated heterocycles. The Balaban J connectivity index is 2.31. The van der Waals surface area contributed by atoms with Crippen molar-refractivity contribution in [1.29, 1.82) is 0 Å². The number of anilines is 2. The summed E-state index contributed by atoms with van der Waals surface area (Å²) in [6, 6.07) is 4.15. The van der Waals surface area contributed by atoms with E-state index in [4.69, 9.17) is 16.4 Å². The van der Waals surface area contributed by atoms with Crippen molar-refractivity contribution < 1.29 is 19.2 Å². The Morgan fingerprint density at radius 1 is 1.35 bits per heavy atom. The molecule has 0 aromatic heterocycles.